The molecule has 19 heavy (non-hydrogen) atoms. The average Bonchev–Trinajstić information content (AvgIpc) is 2.44. The highest BCUT2D eigenvalue weighted by molar-refractivity contribution is 7.99. The summed E-state index contributed by atoms with van der Waals surface area (Å²) in [5, 5.41) is 3.44. The molecule has 1 aromatic carbocycles. The van der Waals surface area contributed by atoms with Crippen LogP contribution in [-0.2, 0) is 6.42 Å². The van der Waals surface area contributed by atoms with Crippen LogP contribution in [0.5, 0.6) is 0 Å². The van der Waals surface area contributed by atoms with Gasteiger partial charge in [-0.25, -0.2) is 0 Å². The molecule has 0 bridgehead atoms. The van der Waals surface area contributed by atoms with Gasteiger partial charge in [0.1, 0.15) is 0 Å². The lowest BCUT2D eigenvalue weighted by Crippen LogP contribution is -2.18. The Kier molecular flexibility index (Phi) is 9.02. The number of hydrogen-bond acceptors (Lipinski definition) is 2. The van der Waals surface area contributed by atoms with Gasteiger partial charge in [-0.2, -0.15) is 11.8 Å². The van der Waals surface area contributed by atoms with Crippen LogP contribution in [0.2, 0.25) is 0 Å². The molecule has 0 amide bonds. The van der Waals surface area contributed by atoms with Crippen molar-refractivity contribution >= 4 is 11.8 Å². The second kappa shape index (κ2) is 10.3. The maximum absolute atomic E-state index is 3.44. The van der Waals surface area contributed by atoms with Gasteiger partial charge in [-0.15, -0.1) is 0 Å². The van der Waals surface area contributed by atoms with Gasteiger partial charge >= 0.3 is 0 Å². The van der Waals surface area contributed by atoms with Crippen molar-refractivity contribution in [2.45, 2.75) is 52.0 Å². The van der Waals surface area contributed by atoms with E-state index in [2.05, 4.69) is 62.2 Å². The van der Waals surface area contributed by atoms with E-state index in [0.717, 1.165) is 0 Å². The molecule has 2 heteroatoms. The Morgan fingerprint density at radius 2 is 1.79 bits per heavy atom. The number of hydrogen-bond donors (Lipinski definition) is 1. The highest BCUT2D eigenvalue weighted by Gasteiger charge is 2.08. The molecular weight excluding hydrogens is 250 g/mol. The van der Waals surface area contributed by atoms with E-state index >= 15 is 0 Å². The quantitative estimate of drug-likeness (QED) is 0.616. The molecule has 0 aliphatic heterocycles. The fraction of sp³-hybridized carbons (Fsp3) is 0.647. The summed E-state index contributed by atoms with van der Waals surface area (Å²) in [6.07, 6.45) is 6.45. The molecule has 1 rings (SSSR count). The minimum Gasteiger partial charge on any atom is -0.312 e. The molecule has 108 valence electrons. The summed E-state index contributed by atoms with van der Waals surface area (Å²) in [5.41, 5.74) is 2.88. The third-order valence-corrected chi connectivity index (χ3v) is 4.59. The summed E-state index contributed by atoms with van der Waals surface area (Å²) < 4.78 is 0. The van der Waals surface area contributed by atoms with Crippen molar-refractivity contribution in [3.63, 3.8) is 0 Å². The van der Waals surface area contributed by atoms with Crippen molar-refractivity contribution in [3.8, 4) is 0 Å². The molecule has 0 aliphatic carbocycles. The van der Waals surface area contributed by atoms with E-state index < -0.39 is 0 Å². The van der Waals surface area contributed by atoms with Gasteiger partial charge in [0.2, 0.25) is 0 Å². The predicted molar refractivity (Wildman–Crippen MR) is 89.1 cm³/mol. The molecule has 0 heterocycles. The van der Waals surface area contributed by atoms with E-state index in [4.69, 9.17) is 0 Å². The van der Waals surface area contributed by atoms with Crippen LogP contribution in [0, 0.1) is 0 Å². The average molecular weight is 279 g/mol. The van der Waals surface area contributed by atoms with Crippen LogP contribution in [0.1, 0.15) is 56.7 Å². The fourth-order valence-corrected chi connectivity index (χ4v) is 3.38. The Bertz CT molecular complexity index is 321. The van der Waals surface area contributed by atoms with E-state index in [1.165, 1.54) is 54.7 Å². The molecule has 0 spiro atoms. The highest BCUT2D eigenvalue weighted by Crippen LogP contribution is 2.20. The Labute approximate surface area is 123 Å². The largest absolute Gasteiger partial charge is 0.312 e. The van der Waals surface area contributed by atoms with Gasteiger partial charge in [0, 0.05) is 11.8 Å². The molecule has 1 aromatic rings. The van der Waals surface area contributed by atoms with E-state index in [9.17, 15) is 0 Å². The zero-order valence-corrected chi connectivity index (χ0v) is 13.6. The number of benzene rings is 1. The van der Waals surface area contributed by atoms with Crippen LogP contribution in [0.15, 0.2) is 24.3 Å². The summed E-state index contributed by atoms with van der Waals surface area (Å²) in [6, 6.07) is 9.63. The number of nitrogens with one attached hydrogen (secondary N) is 1. The number of rotatable bonds is 10. The number of aryl methyl sites for hydroxylation is 1. The number of thioether (sulfide) groups is 1. The lowest BCUT2D eigenvalue weighted by atomic mass is 10.0. The predicted octanol–water partition coefficient (Wildman–Crippen LogP) is 4.82. The van der Waals surface area contributed by atoms with Crippen molar-refractivity contribution in [3.05, 3.63) is 35.4 Å². The summed E-state index contributed by atoms with van der Waals surface area (Å²) in [6.45, 7) is 4.50. The second-order valence-electron chi connectivity index (χ2n) is 5.11. The normalized spacial score (nSPS) is 12.6. The molecule has 1 unspecified atom stereocenters. The third kappa shape index (κ3) is 6.49. The Hall–Kier alpha value is -0.470. The molecule has 0 radical (unpaired) electrons. The number of unbranched alkanes of at least 4 members (excludes halogenated alkanes) is 2. The molecule has 1 atom stereocenters. The fourth-order valence-electron chi connectivity index (χ4n) is 2.21. The second-order valence-corrected chi connectivity index (χ2v) is 6.26. The van der Waals surface area contributed by atoms with Gasteiger partial charge in [-0.05, 0) is 36.8 Å². The first-order chi connectivity index (χ1) is 9.31. The standard InChI is InChI=1S/C17H29NS/c1-4-6-7-13-19-14-17(18-3)16-11-9-15(8-5-2)10-12-16/h9-12,17-18H,4-8,13-14H2,1-3H3. The topological polar surface area (TPSA) is 12.0 Å². The van der Waals surface area contributed by atoms with Gasteiger partial charge in [0.05, 0.1) is 0 Å². The van der Waals surface area contributed by atoms with Gasteiger partial charge in [0.15, 0.2) is 0 Å². The van der Waals surface area contributed by atoms with Crippen LogP contribution in [0.3, 0.4) is 0 Å². The summed E-state index contributed by atoms with van der Waals surface area (Å²) in [5.74, 6) is 2.47. The first-order valence-corrected chi connectivity index (χ1v) is 8.81. The molecule has 0 saturated carbocycles. The Morgan fingerprint density at radius 1 is 1.05 bits per heavy atom. The minimum atomic E-state index is 0.488. The maximum atomic E-state index is 3.44. The lowest BCUT2D eigenvalue weighted by Gasteiger charge is -2.16. The van der Waals surface area contributed by atoms with Crippen LogP contribution in [-0.4, -0.2) is 18.6 Å². The summed E-state index contributed by atoms with van der Waals surface area (Å²) in [4.78, 5) is 0. The molecule has 0 aromatic heterocycles. The summed E-state index contributed by atoms with van der Waals surface area (Å²) in [7, 11) is 2.07. The van der Waals surface area contributed by atoms with E-state index in [1.807, 2.05) is 0 Å². The Balaban J connectivity index is 2.40. The van der Waals surface area contributed by atoms with Gasteiger partial charge in [-0.3, -0.25) is 0 Å². The molecule has 0 fully saturated rings. The van der Waals surface area contributed by atoms with Crippen molar-refractivity contribution in [2.75, 3.05) is 18.6 Å². The van der Waals surface area contributed by atoms with Crippen molar-refractivity contribution in [1.82, 2.24) is 5.32 Å². The van der Waals surface area contributed by atoms with Crippen LogP contribution >= 0.6 is 11.8 Å². The zero-order valence-electron chi connectivity index (χ0n) is 12.7. The first-order valence-electron chi connectivity index (χ1n) is 7.65. The Morgan fingerprint density at radius 3 is 2.37 bits per heavy atom. The molecule has 1 N–H and O–H groups in total. The minimum absolute atomic E-state index is 0.488. The third-order valence-electron chi connectivity index (χ3n) is 3.45. The van der Waals surface area contributed by atoms with Crippen molar-refractivity contribution in [2.24, 2.45) is 0 Å². The van der Waals surface area contributed by atoms with Gasteiger partial charge in [0.25, 0.3) is 0 Å². The molecule has 0 aliphatic rings. The zero-order chi connectivity index (χ0) is 13.9. The molecule has 0 saturated heterocycles. The molecular formula is C17H29NS. The van der Waals surface area contributed by atoms with Crippen LogP contribution in [0.25, 0.3) is 0 Å². The van der Waals surface area contributed by atoms with Gasteiger partial charge < -0.3 is 5.32 Å². The van der Waals surface area contributed by atoms with Crippen LogP contribution in [0.4, 0.5) is 0 Å². The lowest BCUT2D eigenvalue weighted by molar-refractivity contribution is 0.660. The first kappa shape index (κ1) is 16.6. The smallest absolute Gasteiger partial charge is 0.0409 e. The summed E-state index contributed by atoms with van der Waals surface area (Å²) >= 11 is 2.07. The van der Waals surface area contributed by atoms with E-state index in [-0.39, 0.29) is 0 Å². The van der Waals surface area contributed by atoms with Crippen molar-refractivity contribution in [1.29, 1.82) is 0 Å². The van der Waals surface area contributed by atoms with Gasteiger partial charge in [-0.1, -0.05) is 57.4 Å². The maximum Gasteiger partial charge on any atom is 0.0409 e. The molecule has 1 nitrogen and oxygen atoms in total. The van der Waals surface area contributed by atoms with Crippen molar-refractivity contribution < 1.29 is 0 Å². The van der Waals surface area contributed by atoms with E-state index in [0.29, 0.717) is 6.04 Å². The monoisotopic (exact) mass is 279 g/mol. The van der Waals surface area contributed by atoms with E-state index in [1.54, 1.807) is 0 Å². The highest BCUT2D eigenvalue weighted by atomic mass is 32.2. The SMILES string of the molecule is CCCCCSCC(NC)c1ccc(CCC)cc1. The van der Waals surface area contributed by atoms with Crippen LogP contribution < -0.4 is 5.32 Å².